The number of rotatable bonds is 5. The Labute approximate surface area is 144 Å². The molecular weight excluding hydrogens is 326 g/mol. The summed E-state index contributed by atoms with van der Waals surface area (Å²) in [6.45, 7) is 2.31. The number of nitrogens with zero attached hydrogens (tertiary/aromatic N) is 4. The van der Waals surface area contributed by atoms with Gasteiger partial charge < -0.3 is 9.73 Å². The van der Waals surface area contributed by atoms with E-state index in [1.54, 1.807) is 6.20 Å². The van der Waals surface area contributed by atoms with Gasteiger partial charge in [0.2, 0.25) is 17.7 Å². The van der Waals surface area contributed by atoms with E-state index in [9.17, 15) is 4.79 Å². The zero-order valence-electron chi connectivity index (χ0n) is 13.5. The fourth-order valence-electron chi connectivity index (χ4n) is 3.25. The SMILES string of the molecule is O=C(Nc1nccs1)[C@@H]1CCCN(Cc2nnc(C3CCC3)o2)C1. The molecule has 2 fully saturated rings. The Morgan fingerprint density at radius 2 is 2.25 bits per heavy atom. The van der Waals surface area contributed by atoms with Gasteiger partial charge in [-0.3, -0.25) is 9.69 Å². The van der Waals surface area contributed by atoms with Crippen LogP contribution in [0.4, 0.5) is 5.13 Å². The van der Waals surface area contributed by atoms with Gasteiger partial charge in [-0.2, -0.15) is 0 Å². The van der Waals surface area contributed by atoms with Crippen LogP contribution in [0.2, 0.25) is 0 Å². The summed E-state index contributed by atoms with van der Waals surface area (Å²) in [4.78, 5) is 18.7. The Kier molecular flexibility index (Phi) is 4.57. The Morgan fingerprint density at radius 1 is 1.33 bits per heavy atom. The number of aromatic nitrogens is 3. The molecule has 2 aromatic heterocycles. The van der Waals surface area contributed by atoms with Crippen molar-refractivity contribution in [2.75, 3.05) is 18.4 Å². The van der Waals surface area contributed by atoms with E-state index >= 15 is 0 Å². The van der Waals surface area contributed by atoms with Crippen LogP contribution in [-0.2, 0) is 11.3 Å². The molecule has 128 valence electrons. The molecule has 0 unspecified atom stereocenters. The van der Waals surface area contributed by atoms with Crippen LogP contribution >= 0.6 is 11.3 Å². The van der Waals surface area contributed by atoms with E-state index in [4.69, 9.17) is 4.42 Å². The van der Waals surface area contributed by atoms with E-state index in [2.05, 4.69) is 25.4 Å². The molecule has 2 aliphatic rings. The molecule has 1 saturated carbocycles. The summed E-state index contributed by atoms with van der Waals surface area (Å²) >= 11 is 1.44. The van der Waals surface area contributed by atoms with Crippen LogP contribution in [0.3, 0.4) is 0 Å². The summed E-state index contributed by atoms with van der Waals surface area (Å²) in [5.74, 6) is 1.95. The predicted molar refractivity (Wildman–Crippen MR) is 89.6 cm³/mol. The van der Waals surface area contributed by atoms with E-state index in [-0.39, 0.29) is 11.8 Å². The fraction of sp³-hybridized carbons (Fsp3) is 0.625. The molecule has 8 heteroatoms. The molecule has 0 aromatic carbocycles. The minimum Gasteiger partial charge on any atom is -0.424 e. The van der Waals surface area contributed by atoms with E-state index in [0.717, 1.165) is 44.7 Å². The van der Waals surface area contributed by atoms with Crippen molar-refractivity contribution in [2.24, 2.45) is 5.92 Å². The third-order valence-electron chi connectivity index (χ3n) is 4.83. The molecule has 1 amide bonds. The van der Waals surface area contributed by atoms with Crippen LogP contribution in [0.15, 0.2) is 16.0 Å². The molecule has 7 nitrogen and oxygen atoms in total. The van der Waals surface area contributed by atoms with E-state index < -0.39 is 0 Å². The normalized spacial score (nSPS) is 22.2. The molecule has 24 heavy (non-hydrogen) atoms. The zero-order chi connectivity index (χ0) is 16.4. The van der Waals surface area contributed by atoms with Crippen LogP contribution in [0.25, 0.3) is 0 Å². The van der Waals surface area contributed by atoms with Crippen LogP contribution in [0, 0.1) is 5.92 Å². The summed E-state index contributed by atoms with van der Waals surface area (Å²) in [7, 11) is 0. The second kappa shape index (κ2) is 6.98. The lowest BCUT2D eigenvalue weighted by Gasteiger charge is -2.30. The lowest BCUT2D eigenvalue weighted by atomic mass is 9.85. The number of hydrogen-bond donors (Lipinski definition) is 1. The van der Waals surface area contributed by atoms with Gasteiger partial charge in [0, 0.05) is 24.0 Å². The van der Waals surface area contributed by atoms with Crippen molar-refractivity contribution in [3.8, 4) is 0 Å². The lowest BCUT2D eigenvalue weighted by Crippen LogP contribution is -2.40. The first-order valence-corrected chi connectivity index (χ1v) is 9.41. The van der Waals surface area contributed by atoms with Crippen LogP contribution in [0.5, 0.6) is 0 Å². The van der Waals surface area contributed by atoms with E-state index in [0.29, 0.717) is 23.5 Å². The summed E-state index contributed by atoms with van der Waals surface area (Å²) in [5, 5.41) is 13.8. The van der Waals surface area contributed by atoms with Crippen molar-refractivity contribution < 1.29 is 9.21 Å². The Balaban J connectivity index is 1.32. The van der Waals surface area contributed by atoms with Crippen molar-refractivity contribution >= 4 is 22.4 Å². The maximum absolute atomic E-state index is 12.4. The van der Waals surface area contributed by atoms with Crippen molar-refractivity contribution in [1.29, 1.82) is 0 Å². The highest BCUT2D eigenvalue weighted by Gasteiger charge is 2.28. The molecular formula is C16H21N5O2S. The van der Waals surface area contributed by atoms with Crippen molar-refractivity contribution in [1.82, 2.24) is 20.1 Å². The molecule has 1 aliphatic carbocycles. The first-order valence-electron chi connectivity index (χ1n) is 8.53. The number of carbonyl (C=O) groups is 1. The first-order chi connectivity index (χ1) is 11.8. The summed E-state index contributed by atoms with van der Waals surface area (Å²) in [6, 6.07) is 0. The second-order valence-electron chi connectivity index (χ2n) is 6.56. The highest BCUT2D eigenvalue weighted by molar-refractivity contribution is 7.13. The van der Waals surface area contributed by atoms with Gasteiger partial charge in [-0.05, 0) is 32.2 Å². The standard InChI is InChI=1S/C16H21N5O2S/c22-14(18-16-17-6-8-24-16)12-5-2-7-21(9-12)10-13-19-20-15(23-13)11-3-1-4-11/h6,8,11-12H,1-5,7,9-10H2,(H,17,18,22)/t12-/m1/s1. The number of piperidine rings is 1. The Morgan fingerprint density at radius 3 is 3.00 bits per heavy atom. The Bertz CT molecular complexity index is 682. The van der Waals surface area contributed by atoms with E-state index in [1.807, 2.05) is 5.38 Å². The van der Waals surface area contributed by atoms with Crippen molar-refractivity contribution in [3.63, 3.8) is 0 Å². The maximum Gasteiger partial charge on any atom is 0.230 e. The van der Waals surface area contributed by atoms with Gasteiger partial charge in [-0.1, -0.05) is 6.42 Å². The average molecular weight is 347 g/mol. The number of carbonyl (C=O) groups excluding carboxylic acids is 1. The van der Waals surface area contributed by atoms with Gasteiger partial charge >= 0.3 is 0 Å². The lowest BCUT2D eigenvalue weighted by molar-refractivity contribution is -0.121. The summed E-state index contributed by atoms with van der Waals surface area (Å²) in [6.07, 6.45) is 7.17. The molecule has 4 rings (SSSR count). The molecule has 2 aromatic rings. The third kappa shape index (κ3) is 3.49. The molecule has 0 radical (unpaired) electrons. The van der Waals surface area contributed by atoms with E-state index in [1.165, 1.54) is 17.8 Å². The van der Waals surface area contributed by atoms with Gasteiger partial charge in [-0.25, -0.2) is 4.98 Å². The minimum atomic E-state index is -0.0170. The smallest absolute Gasteiger partial charge is 0.230 e. The van der Waals surface area contributed by atoms with Gasteiger partial charge in [0.05, 0.1) is 12.5 Å². The number of thiazole rings is 1. The number of nitrogens with one attached hydrogen (secondary N) is 1. The number of likely N-dealkylation sites (tertiary alicyclic amines) is 1. The first kappa shape index (κ1) is 15.7. The molecule has 1 atom stereocenters. The zero-order valence-corrected chi connectivity index (χ0v) is 14.3. The topological polar surface area (TPSA) is 84.2 Å². The van der Waals surface area contributed by atoms with Crippen LogP contribution in [-0.4, -0.2) is 39.1 Å². The number of hydrogen-bond acceptors (Lipinski definition) is 7. The highest BCUT2D eigenvalue weighted by atomic mass is 32.1. The van der Waals surface area contributed by atoms with Gasteiger partial charge in [0.25, 0.3) is 0 Å². The molecule has 1 saturated heterocycles. The summed E-state index contributed by atoms with van der Waals surface area (Å²) < 4.78 is 5.80. The number of amides is 1. The molecule has 3 heterocycles. The largest absolute Gasteiger partial charge is 0.424 e. The van der Waals surface area contributed by atoms with Gasteiger partial charge in [0.1, 0.15) is 0 Å². The molecule has 1 N–H and O–H groups in total. The monoisotopic (exact) mass is 347 g/mol. The van der Waals surface area contributed by atoms with Crippen molar-refractivity contribution in [2.45, 2.75) is 44.6 Å². The predicted octanol–water partition coefficient (Wildman–Crippen LogP) is 2.64. The quantitative estimate of drug-likeness (QED) is 0.895. The van der Waals surface area contributed by atoms with Crippen LogP contribution in [0.1, 0.15) is 49.8 Å². The van der Waals surface area contributed by atoms with Gasteiger partial charge in [0.15, 0.2) is 5.13 Å². The molecule has 1 aliphatic heterocycles. The maximum atomic E-state index is 12.4. The minimum absolute atomic E-state index is 0.0170. The fourth-order valence-corrected chi connectivity index (χ4v) is 3.78. The average Bonchev–Trinajstić information content (AvgIpc) is 3.18. The highest BCUT2D eigenvalue weighted by Crippen LogP contribution is 2.35. The van der Waals surface area contributed by atoms with Gasteiger partial charge in [-0.15, -0.1) is 21.5 Å². The molecule has 0 spiro atoms. The number of anilines is 1. The van der Waals surface area contributed by atoms with Crippen LogP contribution < -0.4 is 5.32 Å². The van der Waals surface area contributed by atoms with Crippen molar-refractivity contribution in [3.05, 3.63) is 23.4 Å². The summed E-state index contributed by atoms with van der Waals surface area (Å²) in [5.41, 5.74) is 0. The second-order valence-corrected chi connectivity index (χ2v) is 7.46. The Hall–Kier alpha value is -1.80. The molecule has 0 bridgehead atoms. The third-order valence-corrected chi connectivity index (χ3v) is 5.52.